The van der Waals surface area contributed by atoms with Crippen molar-refractivity contribution in [2.75, 3.05) is 5.33 Å². The van der Waals surface area contributed by atoms with E-state index < -0.39 is 11.4 Å². The zero-order chi connectivity index (χ0) is 11.7. The van der Waals surface area contributed by atoms with Gasteiger partial charge >= 0.3 is 5.63 Å². The number of halogens is 2. The monoisotopic (exact) mass is 284 g/mol. The summed E-state index contributed by atoms with van der Waals surface area (Å²) in [5, 5.41) is 0.419. The minimum absolute atomic E-state index is 0.0264. The van der Waals surface area contributed by atoms with Crippen molar-refractivity contribution in [2.24, 2.45) is 0 Å². The molecule has 0 saturated carbocycles. The molecule has 0 atom stereocenters. The number of fused-ring (bicyclic) bond motifs is 1. The number of hydrogen-bond acceptors (Lipinski definition) is 3. The minimum atomic E-state index is -0.705. The summed E-state index contributed by atoms with van der Waals surface area (Å²) in [6, 6.07) is 5.10. The number of carbonyl (C=O) groups excluding carboxylic acids is 1. The summed E-state index contributed by atoms with van der Waals surface area (Å²) in [4.78, 5) is 22.8. The van der Waals surface area contributed by atoms with Gasteiger partial charge in [0.2, 0.25) is 0 Å². The molecule has 2 aromatic rings. The molecule has 1 aromatic heterocycles. The van der Waals surface area contributed by atoms with Gasteiger partial charge in [0, 0.05) is 5.39 Å². The molecule has 0 N–H and O–H groups in total. The van der Waals surface area contributed by atoms with Gasteiger partial charge in [0.15, 0.2) is 5.78 Å². The largest absolute Gasteiger partial charge is 0.422 e. The molecule has 16 heavy (non-hydrogen) atoms. The van der Waals surface area contributed by atoms with Crippen molar-refractivity contribution in [1.82, 2.24) is 0 Å². The summed E-state index contributed by atoms with van der Waals surface area (Å²) in [6.07, 6.45) is 0. The first kappa shape index (κ1) is 11.0. The lowest BCUT2D eigenvalue weighted by Gasteiger charge is -1.99. The number of benzene rings is 1. The van der Waals surface area contributed by atoms with Crippen LogP contribution in [-0.4, -0.2) is 11.1 Å². The van der Waals surface area contributed by atoms with Crippen LogP contribution in [0.5, 0.6) is 0 Å². The van der Waals surface area contributed by atoms with Gasteiger partial charge in [-0.15, -0.1) is 0 Å². The zero-order valence-electron chi connectivity index (χ0n) is 8.00. The van der Waals surface area contributed by atoms with Gasteiger partial charge < -0.3 is 4.42 Å². The highest BCUT2D eigenvalue weighted by molar-refractivity contribution is 9.09. The van der Waals surface area contributed by atoms with E-state index in [1.165, 1.54) is 24.3 Å². The third kappa shape index (κ3) is 1.90. The molecule has 3 nitrogen and oxygen atoms in total. The molecule has 0 unspecified atom stereocenters. The topological polar surface area (TPSA) is 47.3 Å². The van der Waals surface area contributed by atoms with Crippen LogP contribution in [0.4, 0.5) is 4.39 Å². The van der Waals surface area contributed by atoms with Crippen LogP contribution in [-0.2, 0) is 0 Å². The fourth-order valence-electron chi connectivity index (χ4n) is 1.36. The van der Waals surface area contributed by atoms with Gasteiger partial charge in [-0.3, -0.25) is 4.79 Å². The zero-order valence-corrected chi connectivity index (χ0v) is 9.58. The lowest BCUT2D eigenvalue weighted by atomic mass is 10.1. The van der Waals surface area contributed by atoms with E-state index in [0.717, 1.165) is 0 Å². The van der Waals surface area contributed by atoms with Gasteiger partial charge in [0.05, 0.1) is 5.33 Å². The minimum Gasteiger partial charge on any atom is -0.422 e. The number of alkyl halides is 1. The van der Waals surface area contributed by atoms with E-state index in [1.54, 1.807) is 0 Å². The van der Waals surface area contributed by atoms with Crippen LogP contribution in [0.1, 0.15) is 10.4 Å². The quantitative estimate of drug-likeness (QED) is 0.484. The second-order valence-corrected chi connectivity index (χ2v) is 3.75. The molecule has 5 heteroatoms. The Kier molecular flexibility index (Phi) is 2.87. The van der Waals surface area contributed by atoms with Crippen LogP contribution in [0.2, 0.25) is 0 Å². The first-order valence-electron chi connectivity index (χ1n) is 4.44. The summed E-state index contributed by atoms with van der Waals surface area (Å²) in [5.74, 6) is -0.835. The van der Waals surface area contributed by atoms with E-state index in [1.807, 2.05) is 0 Å². The van der Waals surface area contributed by atoms with Crippen molar-refractivity contribution < 1.29 is 13.6 Å². The first-order valence-corrected chi connectivity index (χ1v) is 5.56. The molecule has 82 valence electrons. The number of ketones is 1. The molecule has 0 aliphatic heterocycles. The van der Waals surface area contributed by atoms with Crippen molar-refractivity contribution >= 4 is 32.7 Å². The van der Waals surface area contributed by atoms with Gasteiger partial charge in [0.1, 0.15) is 17.0 Å². The highest BCUT2D eigenvalue weighted by Gasteiger charge is 2.12. The number of hydrogen-bond donors (Lipinski definition) is 0. The Morgan fingerprint density at radius 3 is 2.81 bits per heavy atom. The maximum absolute atomic E-state index is 12.9. The molecule has 0 bridgehead atoms. The second-order valence-electron chi connectivity index (χ2n) is 3.19. The Balaban J connectivity index is 2.74. The van der Waals surface area contributed by atoms with Gasteiger partial charge in [0.25, 0.3) is 0 Å². The lowest BCUT2D eigenvalue weighted by Crippen LogP contribution is -2.14. The normalized spacial score (nSPS) is 10.6. The average Bonchev–Trinajstić information content (AvgIpc) is 2.28. The Hall–Kier alpha value is -1.49. The van der Waals surface area contributed by atoms with Crippen LogP contribution in [0.15, 0.2) is 33.5 Å². The molecule has 1 aromatic carbocycles. The van der Waals surface area contributed by atoms with Crippen molar-refractivity contribution in [1.29, 1.82) is 0 Å². The second kappa shape index (κ2) is 4.17. The van der Waals surface area contributed by atoms with Crippen molar-refractivity contribution in [3.63, 3.8) is 0 Å². The number of carbonyl (C=O) groups is 1. The van der Waals surface area contributed by atoms with Gasteiger partial charge in [-0.25, -0.2) is 9.18 Å². The maximum atomic E-state index is 12.9. The lowest BCUT2D eigenvalue weighted by molar-refractivity contribution is 0.102. The van der Waals surface area contributed by atoms with E-state index in [4.69, 9.17) is 4.42 Å². The molecule has 0 aliphatic rings. The molecule has 0 aliphatic carbocycles. The van der Waals surface area contributed by atoms with Crippen LogP contribution >= 0.6 is 15.9 Å². The van der Waals surface area contributed by atoms with Crippen LogP contribution < -0.4 is 5.63 Å². The summed E-state index contributed by atoms with van der Waals surface area (Å²) in [6.45, 7) is 0. The molecule has 0 fully saturated rings. The average molecular weight is 285 g/mol. The van der Waals surface area contributed by atoms with Crippen LogP contribution in [0.25, 0.3) is 11.0 Å². The molecule has 1 heterocycles. The third-order valence-corrected chi connectivity index (χ3v) is 2.63. The van der Waals surface area contributed by atoms with E-state index in [-0.39, 0.29) is 22.3 Å². The Morgan fingerprint density at radius 2 is 2.12 bits per heavy atom. The van der Waals surface area contributed by atoms with Gasteiger partial charge in [-0.1, -0.05) is 15.9 Å². The highest BCUT2D eigenvalue weighted by atomic mass is 79.9. The van der Waals surface area contributed by atoms with E-state index in [9.17, 15) is 14.0 Å². The predicted molar refractivity (Wildman–Crippen MR) is 60.6 cm³/mol. The standard InChI is InChI=1S/C11H6BrFO3/c12-5-9(14)8-4-6-3-7(13)1-2-10(6)16-11(8)15/h1-4H,5H2. The Labute approximate surface area is 98.0 Å². The van der Waals surface area contributed by atoms with Gasteiger partial charge in [-0.2, -0.15) is 0 Å². The van der Waals surface area contributed by atoms with Gasteiger partial charge in [-0.05, 0) is 24.3 Å². The number of Topliss-reactive ketones (excluding diaryl/α,β-unsaturated/α-hetero) is 1. The molecule has 0 spiro atoms. The SMILES string of the molecule is O=C(CBr)c1cc2cc(F)ccc2oc1=O. The molecule has 0 amide bonds. The predicted octanol–water partition coefficient (Wildman–Crippen LogP) is 2.51. The summed E-state index contributed by atoms with van der Waals surface area (Å²) >= 11 is 2.96. The molecule has 0 radical (unpaired) electrons. The summed E-state index contributed by atoms with van der Waals surface area (Å²) < 4.78 is 17.8. The Bertz CT molecular complexity index is 618. The molecule has 0 saturated heterocycles. The maximum Gasteiger partial charge on any atom is 0.347 e. The third-order valence-electron chi connectivity index (χ3n) is 2.12. The van der Waals surface area contributed by atoms with Crippen molar-refractivity contribution in [2.45, 2.75) is 0 Å². The van der Waals surface area contributed by atoms with E-state index >= 15 is 0 Å². The molecular weight excluding hydrogens is 279 g/mol. The molecule has 2 rings (SSSR count). The highest BCUT2D eigenvalue weighted by Crippen LogP contribution is 2.15. The summed E-state index contributed by atoms with van der Waals surface area (Å²) in [5.41, 5.74) is -0.518. The van der Waals surface area contributed by atoms with E-state index in [2.05, 4.69) is 15.9 Å². The van der Waals surface area contributed by atoms with Crippen molar-refractivity contribution in [3.05, 3.63) is 46.1 Å². The Morgan fingerprint density at radius 1 is 1.38 bits per heavy atom. The van der Waals surface area contributed by atoms with Crippen LogP contribution in [0.3, 0.4) is 0 Å². The number of rotatable bonds is 2. The van der Waals surface area contributed by atoms with E-state index in [0.29, 0.717) is 5.39 Å². The fourth-order valence-corrected chi connectivity index (χ4v) is 1.66. The fraction of sp³-hybridized carbons (Fsp3) is 0.0909. The molecular formula is C11H6BrFO3. The van der Waals surface area contributed by atoms with Crippen molar-refractivity contribution in [3.8, 4) is 0 Å². The smallest absolute Gasteiger partial charge is 0.347 e. The van der Waals surface area contributed by atoms with Crippen LogP contribution in [0, 0.1) is 5.82 Å². The summed E-state index contributed by atoms with van der Waals surface area (Å²) in [7, 11) is 0. The first-order chi connectivity index (χ1) is 7.61.